The number of benzene rings is 2. The molecule has 0 bridgehead atoms. The van der Waals surface area contributed by atoms with E-state index in [-0.39, 0.29) is 17.6 Å². The number of rotatable bonds is 5. The normalized spacial score (nSPS) is 11.9. The zero-order chi connectivity index (χ0) is 22.8. The zero-order valence-corrected chi connectivity index (χ0v) is 17.9. The molecule has 6 heteroatoms. The van der Waals surface area contributed by atoms with E-state index in [2.05, 4.69) is 20.3 Å². The smallest absolute Gasteiger partial charge is 0.232 e. The largest absolute Gasteiger partial charge is 0.339 e. The van der Waals surface area contributed by atoms with Crippen molar-refractivity contribution in [1.29, 1.82) is 0 Å². The molecule has 2 aromatic carbocycles. The number of anilines is 1. The molecule has 0 fully saturated rings. The molecular formula is C27H21FN4O. The van der Waals surface area contributed by atoms with Gasteiger partial charge in [0.2, 0.25) is 5.91 Å². The van der Waals surface area contributed by atoms with Crippen molar-refractivity contribution in [2.75, 3.05) is 5.32 Å². The van der Waals surface area contributed by atoms with Crippen LogP contribution in [0.1, 0.15) is 18.4 Å². The Morgan fingerprint density at radius 3 is 2.36 bits per heavy atom. The number of amides is 1. The minimum absolute atomic E-state index is 0.132. The first-order valence-corrected chi connectivity index (χ1v) is 10.6. The van der Waals surface area contributed by atoms with Crippen LogP contribution in [0.2, 0.25) is 0 Å². The molecule has 0 spiro atoms. The van der Waals surface area contributed by atoms with Crippen LogP contribution >= 0.6 is 0 Å². The van der Waals surface area contributed by atoms with Crippen molar-refractivity contribution < 1.29 is 9.18 Å². The predicted molar refractivity (Wildman–Crippen MR) is 128 cm³/mol. The number of carbonyl (C=O) groups is 1. The first-order valence-electron chi connectivity index (χ1n) is 10.6. The zero-order valence-electron chi connectivity index (χ0n) is 17.9. The Bertz CT molecular complexity index is 1410. The monoisotopic (exact) mass is 436 g/mol. The van der Waals surface area contributed by atoms with Gasteiger partial charge in [0.1, 0.15) is 17.3 Å². The number of nitrogens with zero attached hydrogens (tertiary/aromatic N) is 2. The van der Waals surface area contributed by atoms with Crippen LogP contribution in [-0.2, 0) is 4.79 Å². The van der Waals surface area contributed by atoms with Gasteiger partial charge in [-0.1, -0.05) is 30.3 Å². The summed E-state index contributed by atoms with van der Waals surface area (Å²) >= 11 is 0. The lowest BCUT2D eigenvalue weighted by Crippen LogP contribution is -2.19. The quantitative estimate of drug-likeness (QED) is 0.346. The lowest BCUT2D eigenvalue weighted by atomic mass is 9.99. The van der Waals surface area contributed by atoms with E-state index in [1.807, 2.05) is 55.5 Å². The fourth-order valence-electron chi connectivity index (χ4n) is 3.92. The molecule has 0 unspecified atom stereocenters. The van der Waals surface area contributed by atoms with Gasteiger partial charge in [0.05, 0.1) is 11.6 Å². The minimum atomic E-state index is -0.311. The van der Waals surface area contributed by atoms with E-state index < -0.39 is 0 Å². The number of nitrogens with one attached hydrogen (secondary N) is 2. The van der Waals surface area contributed by atoms with E-state index >= 15 is 0 Å². The third-order valence-electron chi connectivity index (χ3n) is 5.70. The minimum Gasteiger partial charge on any atom is -0.339 e. The van der Waals surface area contributed by atoms with Crippen LogP contribution in [0.15, 0.2) is 91.3 Å². The number of pyridine rings is 2. The molecule has 5 nitrogen and oxygen atoms in total. The van der Waals surface area contributed by atoms with E-state index in [1.165, 1.54) is 12.1 Å². The fraction of sp³-hybridized carbons (Fsp3) is 0.0741. The molecule has 0 aliphatic carbocycles. The third-order valence-corrected chi connectivity index (χ3v) is 5.70. The Morgan fingerprint density at radius 2 is 1.64 bits per heavy atom. The van der Waals surface area contributed by atoms with Crippen LogP contribution in [0, 0.1) is 5.82 Å². The van der Waals surface area contributed by atoms with E-state index in [1.54, 1.807) is 30.6 Å². The number of fused-ring (bicyclic) bond motifs is 1. The van der Waals surface area contributed by atoms with Gasteiger partial charge in [-0.25, -0.2) is 9.37 Å². The maximum atomic E-state index is 13.5. The van der Waals surface area contributed by atoms with Gasteiger partial charge in [-0.15, -0.1) is 0 Å². The molecule has 0 radical (unpaired) electrons. The van der Waals surface area contributed by atoms with Crippen LogP contribution in [0.5, 0.6) is 0 Å². The highest BCUT2D eigenvalue weighted by Crippen LogP contribution is 2.38. The number of aromatic amines is 1. The molecule has 33 heavy (non-hydrogen) atoms. The SMILES string of the molecule is C[C@H](C(=O)Nc1ccc2c(-c3ccncc3)c(-c3ccc(F)cc3)[nH]c2n1)c1ccccc1. The molecule has 3 heterocycles. The van der Waals surface area contributed by atoms with Gasteiger partial charge in [-0.2, -0.15) is 0 Å². The van der Waals surface area contributed by atoms with Crippen molar-refractivity contribution >= 4 is 22.8 Å². The summed E-state index contributed by atoms with van der Waals surface area (Å²) in [6, 6.07) is 23.5. The summed E-state index contributed by atoms with van der Waals surface area (Å²) in [5, 5.41) is 3.82. The van der Waals surface area contributed by atoms with Crippen LogP contribution in [0.25, 0.3) is 33.4 Å². The highest BCUT2D eigenvalue weighted by molar-refractivity contribution is 6.03. The van der Waals surface area contributed by atoms with Gasteiger partial charge in [0.25, 0.3) is 0 Å². The average Bonchev–Trinajstić information content (AvgIpc) is 3.24. The molecule has 2 N–H and O–H groups in total. The van der Waals surface area contributed by atoms with Crippen LogP contribution < -0.4 is 5.32 Å². The van der Waals surface area contributed by atoms with Crippen LogP contribution in [0.4, 0.5) is 10.2 Å². The van der Waals surface area contributed by atoms with Crippen molar-refractivity contribution in [3.63, 3.8) is 0 Å². The summed E-state index contributed by atoms with van der Waals surface area (Å²) in [6.45, 7) is 1.87. The molecule has 3 aromatic heterocycles. The first kappa shape index (κ1) is 20.6. The first-order chi connectivity index (χ1) is 16.1. The van der Waals surface area contributed by atoms with Gasteiger partial charge in [0.15, 0.2) is 0 Å². The van der Waals surface area contributed by atoms with E-state index in [4.69, 9.17) is 0 Å². The summed E-state index contributed by atoms with van der Waals surface area (Å²) in [4.78, 5) is 24.9. The lowest BCUT2D eigenvalue weighted by molar-refractivity contribution is -0.117. The Balaban J connectivity index is 1.54. The molecule has 0 aliphatic heterocycles. The van der Waals surface area contributed by atoms with Crippen LogP contribution in [0.3, 0.4) is 0 Å². The summed E-state index contributed by atoms with van der Waals surface area (Å²) < 4.78 is 13.5. The van der Waals surface area contributed by atoms with Crippen molar-refractivity contribution in [2.45, 2.75) is 12.8 Å². The Kier molecular flexibility index (Phi) is 5.40. The maximum Gasteiger partial charge on any atom is 0.232 e. The summed E-state index contributed by atoms with van der Waals surface area (Å²) in [6.07, 6.45) is 3.46. The van der Waals surface area contributed by atoms with Gasteiger partial charge in [-0.05, 0) is 72.1 Å². The molecule has 5 rings (SSSR count). The molecular weight excluding hydrogens is 415 g/mol. The summed E-state index contributed by atoms with van der Waals surface area (Å²) in [5.41, 5.74) is 5.14. The highest BCUT2D eigenvalue weighted by Gasteiger charge is 2.19. The lowest BCUT2D eigenvalue weighted by Gasteiger charge is -2.12. The number of carbonyl (C=O) groups excluding carboxylic acids is 1. The van der Waals surface area contributed by atoms with E-state index in [0.29, 0.717) is 11.5 Å². The number of H-pyrrole nitrogens is 1. The van der Waals surface area contributed by atoms with Crippen molar-refractivity contribution in [3.8, 4) is 22.4 Å². The fourth-order valence-corrected chi connectivity index (χ4v) is 3.92. The maximum absolute atomic E-state index is 13.5. The van der Waals surface area contributed by atoms with E-state index in [9.17, 15) is 9.18 Å². The van der Waals surface area contributed by atoms with Crippen molar-refractivity contribution in [2.24, 2.45) is 0 Å². The second-order valence-electron chi connectivity index (χ2n) is 7.83. The number of hydrogen-bond donors (Lipinski definition) is 2. The average molecular weight is 436 g/mol. The van der Waals surface area contributed by atoms with Crippen molar-refractivity contribution in [1.82, 2.24) is 15.0 Å². The molecule has 1 amide bonds. The summed E-state index contributed by atoms with van der Waals surface area (Å²) in [7, 11) is 0. The predicted octanol–water partition coefficient (Wildman–Crippen LogP) is 6.17. The second kappa shape index (κ2) is 8.67. The van der Waals surface area contributed by atoms with Gasteiger partial charge in [0, 0.05) is 23.3 Å². The molecule has 0 saturated heterocycles. The number of hydrogen-bond acceptors (Lipinski definition) is 3. The molecule has 162 valence electrons. The standard InChI is InChI=1S/C27H21FN4O/c1-17(18-5-3-2-4-6-18)27(33)31-23-12-11-22-24(19-13-15-29-16-14-19)25(32-26(22)30-23)20-7-9-21(28)10-8-20/h2-17H,1H3,(H2,30,31,32,33)/t17-/m0/s1. The third kappa shape index (κ3) is 4.11. The second-order valence-corrected chi connectivity index (χ2v) is 7.83. The number of halogens is 1. The van der Waals surface area contributed by atoms with E-state index in [0.717, 1.165) is 33.3 Å². The topological polar surface area (TPSA) is 70.7 Å². The van der Waals surface area contributed by atoms with Crippen molar-refractivity contribution in [3.05, 3.63) is 103 Å². The van der Waals surface area contributed by atoms with Gasteiger partial charge >= 0.3 is 0 Å². The van der Waals surface area contributed by atoms with Gasteiger partial charge in [-0.3, -0.25) is 9.78 Å². The summed E-state index contributed by atoms with van der Waals surface area (Å²) in [5.74, 6) is -0.276. The molecule has 1 atom stereocenters. The number of aromatic nitrogens is 3. The Hall–Kier alpha value is -4.32. The highest BCUT2D eigenvalue weighted by atomic mass is 19.1. The molecule has 0 saturated carbocycles. The molecule has 0 aliphatic rings. The molecule has 5 aromatic rings. The Labute approximate surface area is 190 Å². The van der Waals surface area contributed by atoms with Crippen LogP contribution in [-0.4, -0.2) is 20.9 Å². The Morgan fingerprint density at radius 1 is 0.909 bits per heavy atom. The van der Waals surface area contributed by atoms with Gasteiger partial charge < -0.3 is 10.3 Å².